The maximum absolute atomic E-state index is 12.7. The third kappa shape index (κ3) is 3.83. The van der Waals surface area contributed by atoms with Crippen molar-refractivity contribution in [2.45, 2.75) is 5.37 Å². The van der Waals surface area contributed by atoms with Gasteiger partial charge in [0.25, 0.3) is 0 Å². The Kier molecular flexibility index (Phi) is 6.11. The highest BCUT2D eigenvalue weighted by Crippen LogP contribution is 2.40. The molecule has 26 heavy (non-hydrogen) atoms. The molecule has 1 amide bonds. The first-order valence-corrected chi connectivity index (χ1v) is 10.1. The molecule has 0 bridgehead atoms. The average molecular weight is 392 g/mol. The summed E-state index contributed by atoms with van der Waals surface area (Å²) < 4.78 is 16.0. The number of nitrogens with zero attached hydrogens (tertiary/aromatic N) is 1. The zero-order valence-corrected chi connectivity index (χ0v) is 16.6. The minimum Gasteiger partial charge on any atom is -0.493 e. The molecule has 1 aliphatic rings. The predicted molar refractivity (Wildman–Crippen MR) is 106 cm³/mol. The van der Waals surface area contributed by atoms with Crippen LogP contribution in [0.15, 0.2) is 35.0 Å². The van der Waals surface area contributed by atoms with Crippen molar-refractivity contribution in [2.24, 2.45) is 0 Å². The lowest BCUT2D eigenvalue weighted by atomic mass is 10.1. The summed E-state index contributed by atoms with van der Waals surface area (Å²) in [6.07, 6.45) is 3.38. The van der Waals surface area contributed by atoms with Gasteiger partial charge in [-0.3, -0.25) is 4.79 Å². The molecule has 1 aromatic carbocycles. The van der Waals surface area contributed by atoms with Gasteiger partial charge in [0.1, 0.15) is 5.37 Å². The lowest BCUT2D eigenvalue weighted by molar-refractivity contribution is -0.126. The molecule has 0 unspecified atom stereocenters. The Morgan fingerprint density at radius 1 is 1.19 bits per heavy atom. The molecule has 1 aromatic heterocycles. The number of rotatable bonds is 6. The van der Waals surface area contributed by atoms with Crippen molar-refractivity contribution in [1.29, 1.82) is 0 Å². The van der Waals surface area contributed by atoms with Crippen molar-refractivity contribution >= 4 is 35.1 Å². The Bertz CT molecular complexity index is 764. The third-order valence-electron chi connectivity index (χ3n) is 4.11. The van der Waals surface area contributed by atoms with Crippen LogP contribution in [0.25, 0.3) is 6.08 Å². The van der Waals surface area contributed by atoms with E-state index in [1.165, 1.54) is 5.56 Å². The fraction of sp³-hybridized carbons (Fsp3) is 0.316. The van der Waals surface area contributed by atoms with Crippen molar-refractivity contribution in [3.8, 4) is 17.2 Å². The largest absolute Gasteiger partial charge is 0.493 e. The molecule has 2 heterocycles. The van der Waals surface area contributed by atoms with E-state index in [2.05, 4.69) is 11.4 Å². The van der Waals surface area contributed by atoms with E-state index in [0.29, 0.717) is 17.2 Å². The van der Waals surface area contributed by atoms with Crippen LogP contribution in [0.1, 0.15) is 16.5 Å². The van der Waals surface area contributed by atoms with Gasteiger partial charge < -0.3 is 19.1 Å². The van der Waals surface area contributed by atoms with Gasteiger partial charge in [0.2, 0.25) is 11.7 Å². The number of amides is 1. The zero-order chi connectivity index (χ0) is 18.5. The maximum atomic E-state index is 12.7. The van der Waals surface area contributed by atoms with Crippen LogP contribution in [0.4, 0.5) is 0 Å². The second-order valence-corrected chi connectivity index (χ2v) is 7.57. The lowest BCUT2D eigenvalue weighted by Gasteiger charge is -2.21. The number of thiophene rings is 1. The number of benzene rings is 1. The third-order valence-corrected chi connectivity index (χ3v) is 6.07. The first-order valence-electron chi connectivity index (χ1n) is 8.10. The summed E-state index contributed by atoms with van der Waals surface area (Å²) in [5.41, 5.74) is 2.00. The Morgan fingerprint density at radius 3 is 2.50 bits per heavy atom. The molecular weight excluding hydrogens is 370 g/mol. The van der Waals surface area contributed by atoms with Gasteiger partial charge >= 0.3 is 0 Å². The first kappa shape index (κ1) is 18.7. The quantitative estimate of drug-likeness (QED) is 0.695. The van der Waals surface area contributed by atoms with E-state index in [1.54, 1.807) is 56.6 Å². The van der Waals surface area contributed by atoms with Crippen molar-refractivity contribution in [3.63, 3.8) is 0 Å². The van der Waals surface area contributed by atoms with Gasteiger partial charge in [-0.2, -0.15) is 11.3 Å². The fourth-order valence-corrected chi connectivity index (χ4v) is 4.87. The molecule has 0 saturated carbocycles. The SMILES string of the molecule is COc1cc(/C=C/C(=O)N2CCS[C@H]2c2ccsc2)cc(OC)c1OC. The van der Waals surface area contributed by atoms with Crippen LogP contribution in [-0.4, -0.2) is 44.4 Å². The van der Waals surface area contributed by atoms with Gasteiger partial charge in [-0.1, -0.05) is 0 Å². The van der Waals surface area contributed by atoms with Crippen molar-refractivity contribution in [3.05, 3.63) is 46.2 Å². The molecule has 1 saturated heterocycles. The van der Waals surface area contributed by atoms with Crippen LogP contribution < -0.4 is 14.2 Å². The van der Waals surface area contributed by atoms with E-state index in [4.69, 9.17) is 14.2 Å². The molecule has 1 aliphatic heterocycles. The van der Waals surface area contributed by atoms with Gasteiger partial charge in [-0.05, 0) is 46.2 Å². The molecule has 138 valence electrons. The summed E-state index contributed by atoms with van der Waals surface area (Å²) in [7, 11) is 4.71. The van der Waals surface area contributed by atoms with E-state index in [1.807, 2.05) is 22.4 Å². The molecule has 3 rings (SSSR count). The van der Waals surface area contributed by atoms with Crippen LogP contribution in [0.5, 0.6) is 17.2 Å². The number of carbonyl (C=O) groups excluding carboxylic acids is 1. The standard InChI is InChI=1S/C19H21NO4S2/c1-22-15-10-13(11-16(23-2)18(15)24-3)4-5-17(21)20-7-9-26-19(20)14-6-8-25-12-14/h4-6,8,10-12,19H,7,9H2,1-3H3/b5-4+/t19-/m0/s1. The van der Waals surface area contributed by atoms with E-state index in [0.717, 1.165) is 17.9 Å². The van der Waals surface area contributed by atoms with Crippen LogP contribution in [-0.2, 0) is 4.79 Å². The number of hydrogen-bond donors (Lipinski definition) is 0. The fourth-order valence-electron chi connectivity index (χ4n) is 2.85. The summed E-state index contributed by atoms with van der Waals surface area (Å²) in [4.78, 5) is 14.6. The normalized spacial score (nSPS) is 16.9. The highest BCUT2D eigenvalue weighted by molar-refractivity contribution is 7.99. The van der Waals surface area contributed by atoms with Crippen LogP contribution in [0, 0.1) is 0 Å². The molecular formula is C19H21NO4S2. The molecule has 0 aliphatic carbocycles. The Hall–Kier alpha value is -2.12. The molecule has 0 radical (unpaired) electrons. The van der Waals surface area contributed by atoms with Gasteiger partial charge in [-0.25, -0.2) is 0 Å². The van der Waals surface area contributed by atoms with Gasteiger partial charge in [0, 0.05) is 18.4 Å². The molecule has 7 heteroatoms. The highest BCUT2D eigenvalue weighted by Gasteiger charge is 2.29. The number of hydrogen-bond acceptors (Lipinski definition) is 6. The second-order valence-electron chi connectivity index (χ2n) is 5.60. The van der Waals surface area contributed by atoms with E-state index in [-0.39, 0.29) is 11.3 Å². The van der Waals surface area contributed by atoms with Crippen molar-refractivity contribution in [1.82, 2.24) is 4.90 Å². The number of carbonyl (C=O) groups is 1. The zero-order valence-electron chi connectivity index (χ0n) is 14.9. The smallest absolute Gasteiger partial charge is 0.247 e. The van der Waals surface area contributed by atoms with Gasteiger partial charge in [0.15, 0.2) is 11.5 Å². The Morgan fingerprint density at radius 2 is 1.92 bits per heavy atom. The minimum absolute atomic E-state index is 0.0000447. The van der Waals surface area contributed by atoms with E-state index in [9.17, 15) is 4.79 Å². The van der Waals surface area contributed by atoms with Crippen molar-refractivity contribution in [2.75, 3.05) is 33.6 Å². The van der Waals surface area contributed by atoms with E-state index >= 15 is 0 Å². The summed E-state index contributed by atoms with van der Waals surface area (Å²) in [5.74, 6) is 2.61. The number of ether oxygens (including phenoxy) is 3. The van der Waals surface area contributed by atoms with Gasteiger partial charge in [-0.15, -0.1) is 11.8 Å². The molecule has 0 N–H and O–H groups in total. The summed E-state index contributed by atoms with van der Waals surface area (Å²) in [6.45, 7) is 0.754. The monoisotopic (exact) mass is 391 g/mol. The van der Waals surface area contributed by atoms with Crippen molar-refractivity contribution < 1.29 is 19.0 Å². The Balaban J connectivity index is 1.80. The highest BCUT2D eigenvalue weighted by atomic mass is 32.2. The van der Waals surface area contributed by atoms with E-state index < -0.39 is 0 Å². The molecule has 1 fully saturated rings. The average Bonchev–Trinajstić information content (AvgIpc) is 3.35. The number of methoxy groups -OCH3 is 3. The molecule has 0 spiro atoms. The molecule has 2 aromatic rings. The van der Waals surface area contributed by atoms with Gasteiger partial charge in [0.05, 0.1) is 21.3 Å². The lowest BCUT2D eigenvalue weighted by Crippen LogP contribution is -2.28. The summed E-state index contributed by atoms with van der Waals surface area (Å²) in [6, 6.07) is 5.72. The Labute approximate surface area is 161 Å². The second kappa shape index (κ2) is 8.51. The summed E-state index contributed by atoms with van der Waals surface area (Å²) >= 11 is 3.45. The maximum Gasteiger partial charge on any atom is 0.247 e. The number of thioether (sulfide) groups is 1. The first-order chi connectivity index (χ1) is 12.7. The van der Waals surface area contributed by atoms with Crippen LogP contribution in [0.3, 0.4) is 0 Å². The van der Waals surface area contributed by atoms with Crippen LogP contribution >= 0.6 is 23.1 Å². The summed E-state index contributed by atoms with van der Waals surface area (Å²) in [5, 5.41) is 4.24. The topological polar surface area (TPSA) is 48.0 Å². The molecule has 1 atom stereocenters. The van der Waals surface area contributed by atoms with Crippen LogP contribution in [0.2, 0.25) is 0 Å². The molecule has 5 nitrogen and oxygen atoms in total. The minimum atomic E-state index is -0.0000447. The predicted octanol–water partition coefficient (Wildman–Crippen LogP) is 4.06.